The molecule has 21 heavy (non-hydrogen) atoms. The van der Waals surface area contributed by atoms with Crippen LogP contribution in [0.4, 0.5) is 5.69 Å². The van der Waals surface area contributed by atoms with Gasteiger partial charge in [-0.2, -0.15) is 0 Å². The summed E-state index contributed by atoms with van der Waals surface area (Å²) in [6.45, 7) is 7.21. The van der Waals surface area contributed by atoms with Crippen LogP contribution in [-0.2, 0) is 9.59 Å². The van der Waals surface area contributed by atoms with Gasteiger partial charge in [0.15, 0.2) is 0 Å². The number of nitrogens with one attached hydrogen (secondary N) is 1. The highest BCUT2D eigenvalue weighted by Crippen LogP contribution is 2.15. The van der Waals surface area contributed by atoms with E-state index in [0.717, 1.165) is 17.9 Å². The number of anilines is 1. The summed E-state index contributed by atoms with van der Waals surface area (Å²) in [6.07, 6.45) is 1.19. The molecule has 0 radical (unpaired) electrons. The number of benzene rings is 1. The zero-order valence-electron chi connectivity index (χ0n) is 13.0. The van der Waals surface area contributed by atoms with Crippen LogP contribution in [0.3, 0.4) is 0 Å². The summed E-state index contributed by atoms with van der Waals surface area (Å²) in [5.74, 6) is 0.688. The van der Waals surface area contributed by atoms with Gasteiger partial charge in [-0.05, 0) is 37.6 Å². The fraction of sp³-hybridized carbons (Fsp3) is 0.500. The number of rotatable bonds is 8. The van der Waals surface area contributed by atoms with Gasteiger partial charge in [0.2, 0.25) is 11.8 Å². The van der Waals surface area contributed by atoms with Crippen LogP contribution in [0, 0.1) is 0 Å². The van der Waals surface area contributed by atoms with Crippen molar-refractivity contribution in [2.24, 2.45) is 0 Å². The van der Waals surface area contributed by atoms with Crippen LogP contribution in [0.15, 0.2) is 24.3 Å². The summed E-state index contributed by atoms with van der Waals surface area (Å²) in [7, 11) is 0. The number of hydrogen-bond acceptors (Lipinski definition) is 3. The van der Waals surface area contributed by atoms with E-state index in [1.54, 1.807) is 17.0 Å². The van der Waals surface area contributed by atoms with Gasteiger partial charge in [-0.1, -0.05) is 6.92 Å². The standard InChI is InChI=1S/C16H24N2O3/c1-4-11-18(13(3)19)12-10-16(20)17-14-6-8-15(9-7-14)21-5-2/h6-9H,4-5,10-12H2,1-3H3,(H,17,20). The Hall–Kier alpha value is -2.04. The maximum absolute atomic E-state index is 11.9. The second kappa shape index (κ2) is 9.00. The molecule has 0 atom stereocenters. The number of nitrogens with zero attached hydrogens (tertiary/aromatic N) is 1. The Morgan fingerprint density at radius 1 is 1.14 bits per heavy atom. The fourth-order valence-corrected chi connectivity index (χ4v) is 1.96. The van der Waals surface area contributed by atoms with Gasteiger partial charge in [-0.3, -0.25) is 9.59 Å². The summed E-state index contributed by atoms with van der Waals surface area (Å²) in [6, 6.07) is 7.24. The second-order valence-corrected chi connectivity index (χ2v) is 4.76. The van der Waals surface area contributed by atoms with E-state index in [4.69, 9.17) is 4.74 Å². The molecule has 0 aliphatic carbocycles. The maximum atomic E-state index is 11.9. The Morgan fingerprint density at radius 2 is 1.81 bits per heavy atom. The van der Waals surface area contributed by atoms with Gasteiger partial charge in [-0.25, -0.2) is 0 Å². The van der Waals surface area contributed by atoms with Gasteiger partial charge >= 0.3 is 0 Å². The zero-order valence-corrected chi connectivity index (χ0v) is 13.0. The number of carbonyl (C=O) groups is 2. The van der Waals surface area contributed by atoms with Crippen LogP contribution in [0.1, 0.15) is 33.6 Å². The Labute approximate surface area is 126 Å². The van der Waals surface area contributed by atoms with Crippen molar-refractivity contribution in [2.75, 3.05) is 25.0 Å². The molecule has 1 aromatic rings. The molecule has 0 spiro atoms. The average molecular weight is 292 g/mol. The van der Waals surface area contributed by atoms with Crippen molar-refractivity contribution in [1.29, 1.82) is 0 Å². The first kappa shape index (κ1) is 17.0. The highest BCUT2D eigenvalue weighted by Gasteiger charge is 2.10. The van der Waals surface area contributed by atoms with Crippen molar-refractivity contribution < 1.29 is 14.3 Å². The SMILES string of the molecule is CCCN(CCC(=O)Nc1ccc(OCC)cc1)C(C)=O. The molecule has 0 saturated heterocycles. The molecule has 1 N–H and O–H groups in total. The number of ether oxygens (including phenoxy) is 1. The van der Waals surface area contributed by atoms with E-state index in [9.17, 15) is 9.59 Å². The minimum Gasteiger partial charge on any atom is -0.494 e. The predicted molar refractivity (Wildman–Crippen MR) is 83.4 cm³/mol. The normalized spacial score (nSPS) is 10.0. The van der Waals surface area contributed by atoms with Crippen molar-refractivity contribution in [3.05, 3.63) is 24.3 Å². The topological polar surface area (TPSA) is 58.6 Å². The summed E-state index contributed by atoms with van der Waals surface area (Å²) in [5.41, 5.74) is 0.730. The minimum atomic E-state index is -0.0958. The van der Waals surface area contributed by atoms with Crippen LogP contribution >= 0.6 is 0 Å². The smallest absolute Gasteiger partial charge is 0.226 e. The first-order valence-corrected chi connectivity index (χ1v) is 7.35. The third-order valence-corrected chi connectivity index (χ3v) is 3.00. The molecule has 0 saturated carbocycles. The number of amides is 2. The van der Waals surface area contributed by atoms with Crippen LogP contribution in [-0.4, -0.2) is 36.4 Å². The fourth-order valence-electron chi connectivity index (χ4n) is 1.96. The molecular formula is C16H24N2O3. The first-order chi connectivity index (χ1) is 10.1. The van der Waals surface area contributed by atoms with E-state index >= 15 is 0 Å². The van der Waals surface area contributed by atoms with Crippen LogP contribution < -0.4 is 10.1 Å². The largest absolute Gasteiger partial charge is 0.494 e. The highest BCUT2D eigenvalue weighted by molar-refractivity contribution is 5.91. The molecule has 1 rings (SSSR count). The van der Waals surface area contributed by atoms with E-state index in [1.807, 2.05) is 26.0 Å². The van der Waals surface area contributed by atoms with E-state index in [2.05, 4.69) is 5.32 Å². The van der Waals surface area contributed by atoms with Gasteiger partial charge in [0, 0.05) is 32.1 Å². The van der Waals surface area contributed by atoms with Gasteiger partial charge in [0.25, 0.3) is 0 Å². The van der Waals surface area contributed by atoms with Crippen molar-refractivity contribution in [3.8, 4) is 5.75 Å². The lowest BCUT2D eigenvalue weighted by atomic mass is 10.2. The highest BCUT2D eigenvalue weighted by atomic mass is 16.5. The Balaban J connectivity index is 2.44. The summed E-state index contributed by atoms with van der Waals surface area (Å²) in [4.78, 5) is 25.0. The van der Waals surface area contributed by atoms with Gasteiger partial charge in [0.1, 0.15) is 5.75 Å². The van der Waals surface area contributed by atoms with Crippen molar-refractivity contribution in [3.63, 3.8) is 0 Å². The Bertz CT molecular complexity index is 457. The molecule has 0 aliphatic rings. The molecule has 1 aromatic carbocycles. The third kappa shape index (κ3) is 6.29. The van der Waals surface area contributed by atoms with Gasteiger partial charge in [-0.15, -0.1) is 0 Å². The molecule has 0 heterocycles. The molecule has 0 unspecified atom stereocenters. The number of hydrogen-bond donors (Lipinski definition) is 1. The lowest BCUT2D eigenvalue weighted by molar-refractivity contribution is -0.129. The van der Waals surface area contributed by atoms with Crippen LogP contribution in [0.5, 0.6) is 5.75 Å². The molecule has 0 bridgehead atoms. The van der Waals surface area contributed by atoms with Gasteiger partial charge < -0.3 is 15.0 Å². The minimum absolute atomic E-state index is 0.00529. The van der Waals surface area contributed by atoms with Crippen molar-refractivity contribution in [1.82, 2.24) is 4.90 Å². The molecule has 2 amide bonds. The van der Waals surface area contributed by atoms with Crippen molar-refractivity contribution >= 4 is 17.5 Å². The quantitative estimate of drug-likeness (QED) is 0.801. The lowest BCUT2D eigenvalue weighted by Gasteiger charge is -2.19. The van der Waals surface area contributed by atoms with E-state index in [-0.39, 0.29) is 11.8 Å². The average Bonchev–Trinajstić information content (AvgIpc) is 2.45. The molecule has 0 aromatic heterocycles. The van der Waals surface area contributed by atoms with Crippen LogP contribution in [0.2, 0.25) is 0 Å². The third-order valence-electron chi connectivity index (χ3n) is 3.00. The van der Waals surface area contributed by atoms with Crippen molar-refractivity contribution in [2.45, 2.75) is 33.6 Å². The van der Waals surface area contributed by atoms with E-state index in [0.29, 0.717) is 26.1 Å². The lowest BCUT2D eigenvalue weighted by Crippen LogP contribution is -2.32. The molecular weight excluding hydrogens is 268 g/mol. The zero-order chi connectivity index (χ0) is 15.7. The van der Waals surface area contributed by atoms with E-state index < -0.39 is 0 Å². The summed E-state index contributed by atoms with van der Waals surface area (Å²) < 4.78 is 5.34. The molecule has 5 heteroatoms. The molecule has 116 valence electrons. The van der Waals surface area contributed by atoms with Crippen LogP contribution in [0.25, 0.3) is 0 Å². The Morgan fingerprint density at radius 3 is 2.33 bits per heavy atom. The summed E-state index contributed by atoms with van der Waals surface area (Å²) in [5, 5.41) is 2.82. The molecule has 5 nitrogen and oxygen atoms in total. The molecule has 0 aliphatic heterocycles. The monoisotopic (exact) mass is 292 g/mol. The first-order valence-electron chi connectivity index (χ1n) is 7.35. The summed E-state index contributed by atoms with van der Waals surface area (Å²) >= 11 is 0. The second-order valence-electron chi connectivity index (χ2n) is 4.76. The predicted octanol–water partition coefficient (Wildman–Crippen LogP) is 2.67. The van der Waals surface area contributed by atoms with E-state index in [1.165, 1.54) is 6.92 Å². The Kier molecular flexibility index (Phi) is 7.29. The number of carbonyl (C=O) groups excluding carboxylic acids is 2. The maximum Gasteiger partial charge on any atom is 0.226 e. The molecule has 0 fully saturated rings. The van der Waals surface area contributed by atoms with Gasteiger partial charge in [0.05, 0.1) is 6.61 Å².